The number of esters is 1. The van der Waals surface area contributed by atoms with Gasteiger partial charge in [0.25, 0.3) is 0 Å². The van der Waals surface area contributed by atoms with E-state index in [9.17, 15) is 9.90 Å². The smallest absolute Gasteiger partial charge is 0.337 e. The molecule has 0 aliphatic heterocycles. The summed E-state index contributed by atoms with van der Waals surface area (Å²) < 4.78 is 10.7. The standard InChI is InChI=1S/C23H30O4/c1-14(2)19-13-20(16(5)12-21(19)27-15(3)4)23(6,25)18-10-8-17(9-11-18)22(24)26-7/h8-15,25H,1-7H3. The highest BCUT2D eigenvalue weighted by Crippen LogP contribution is 2.38. The average molecular weight is 370 g/mol. The quantitative estimate of drug-likeness (QED) is 0.731. The van der Waals surface area contributed by atoms with E-state index in [-0.39, 0.29) is 12.0 Å². The molecule has 1 unspecified atom stereocenters. The molecular weight excluding hydrogens is 340 g/mol. The first-order chi connectivity index (χ1) is 12.6. The normalized spacial score (nSPS) is 13.6. The van der Waals surface area contributed by atoms with Gasteiger partial charge in [-0.25, -0.2) is 4.79 Å². The van der Waals surface area contributed by atoms with Crippen molar-refractivity contribution in [3.05, 3.63) is 64.2 Å². The van der Waals surface area contributed by atoms with E-state index in [2.05, 4.69) is 13.8 Å². The highest BCUT2D eigenvalue weighted by atomic mass is 16.5. The van der Waals surface area contributed by atoms with Crippen molar-refractivity contribution in [1.82, 2.24) is 0 Å². The van der Waals surface area contributed by atoms with Crippen molar-refractivity contribution >= 4 is 5.97 Å². The molecule has 0 spiro atoms. The summed E-state index contributed by atoms with van der Waals surface area (Å²) >= 11 is 0. The maximum atomic E-state index is 11.6. The van der Waals surface area contributed by atoms with Crippen LogP contribution in [-0.4, -0.2) is 24.3 Å². The first-order valence-corrected chi connectivity index (χ1v) is 9.30. The number of rotatable bonds is 6. The third-order valence-electron chi connectivity index (χ3n) is 4.73. The second-order valence-corrected chi connectivity index (χ2v) is 7.67. The molecule has 2 aromatic carbocycles. The lowest BCUT2D eigenvalue weighted by Gasteiger charge is -2.29. The lowest BCUT2D eigenvalue weighted by molar-refractivity contribution is 0.0600. The summed E-state index contributed by atoms with van der Waals surface area (Å²) in [6.07, 6.45) is 0.0825. The largest absolute Gasteiger partial charge is 0.491 e. The predicted octanol–water partition coefficient (Wildman–Crippen LogP) is 4.95. The van der Waals surface area contributed by atoms with Crippen LogP contribution in [0.15, 0.2) is 36.4 Å². The Morgan fingerprint density at radius 1 is 1.07 bits per heavy atom. The van der Waals surface area contributed by atoms with Crippen molar-refractivity contribution in [1.29, 1.82) is 0 Å². The molecule has 4 heteroatoms. The molecule has 0 radical (unpaired) electrons. The van der Waals surface area contributed by atoms with Gasteiger partial charge in [0.1, 0.15) is 11.4 Å². The number of ether oxygens (including phenoxy) is 2. The Balaban J connectivity index is 2.51. The average Bonchev–Trinajstić information content (AvgIpc) is 2.60. The zero-order valence-corrected chi connectivity index (χ0v) is 17.3. The summed E-state index contributed by atoms with van der Waals surface area (Å²) in [5, 5.41) is 11.3. The molecule has 0 bridgehead atoms. The first kappa shape index (κ1) is 21.0. The van der Waals surface area contributed by atoms with Crippen LogP contribution in [0, 0.1) is 6.92 Å². The number of methoxy groups -OCH3 is 1. The molecule has 0 aromatic heterocycles. The van der Waals surface area contributed by atoms with Crippen LogP contribution in [0.1, 0.15) is 73.1 Å². The van der Waals surface area contributed by atoms with Gasteiger partial charge in [-0.2, -0.15) is 0 Å². The second kappa shape index (κ2) is 8.13. The maximum absolute atomic E-state index is 11.6. The minimum atomic E-state index is -1.20. The Hall–Kier alpha value is -2.33. The molecule has 0 amide bonds. The highest BCUT2D eigenvalue weighted by Gasteiger charge is 2.29. The van der Waals surface area contributed by atoms with Gasteiger partial charge in [0.05, 0.1) is 18.8 Å². The number of aryl methyl sites for hydroxylation is 1. The predicted molar refractivity (Wildman–Crippen MR) is 107 cm³/mol. The molecule has 0 aliphatic rings. The summed E-state index contributed by atoms with van der Waals surface area (Å²) in [5.41, 5.74) is 2.82. The SMILES string of the molecule is COC(=O)c1ccc(C(C)(O)c2cc(C(C)C)c(OC(C)C)cc2C)cc1. The Morgan fingerprint density at radius 3 is 2.15 bits per heavy atom. The monoisotopic (exact) mass is 370 g/mol. The fraction of sp³-hybridized carbons (Fsp3) is 0.435. The molecule has 2 aromatic rings. The van der Waals surface area contributed by atoms with Gasteiger partial charge in [0.15, 0.2) is 0 Å². The molecule has 0 aliphatic carbocycles. The van der Waals surface area contributed by atoms with Crippen LogP contribution in [0.2, 0.25) is 0 Å². The molecule has 0 fully saturated rings. The van der Waals surface area contributed by atoms with E-state index < -0.39 is 11.6 Å². The molecule has 2 rings (SSSR count). The minimum Gasteiger partial charge on any atom is -0.491 e. The zero-order valence-electron chi connectivity index (χ0n) is 17.3. The van der Waals surface area contributed by atoms with Crippen molar-refractivity contribution in [3.8, 4) is 5.75 Å². The van der Waals surface area contributed by atoms with Crippen molar-refractivity contribution in [3.63, 3.8) is 0 Å². The Morgan fingerprint density at radius 2 is 1.67 bits per heavy atom. The molecule has 4 nitrogen and oxygen atoms in total. The molecule has 0 saturated heterocycles. The summed E-state index contributed by atoms with van der Waals surface area (Å²) in [4.78, 5) is 11.6. The van der Waals surface area contributed by atoms with Gasteiger partial charge in [-0.3, -0.25) is 0 Å². The van der Waals surface area contributed by atoms with Crippen LogP contribution in [0.5, 0.6) is 5.75 Å². The molecular formula is C23H30O4. The zero-order chi connectivity index (χ0) is 20.4. The summed E-state index contributed by atoms with van der Waals surface area (Å²) in [5.74, 6) is 0.725. The summed E-state index contributed by atoms with van der Waals surface area (Å²) in [7, 11) is 1.35. The van der Waals surface area contributed by atoms with Crippen molar-refractivity contribution < 1.29 is 19.4 Å². The fourth-order valence-corrected chi connectivity index (χ4v) is 3.23. The molecule has 0 heterocycles. The lowest BCUT2D eigenvalue weighted by atomic mass is 9.83. The summed E-state index contributed by atoms with van der Waals surface area (Å²) in [6.45, 7) is 12.0. The van der Waals surface area contributed by atoms with E-state index in [1.165, 1.54) is 7.11 Å². The van der Waals surface area contributed by atoms with E-state index in [0.717, 1.165) is 22.4 Å². The van der Waals surface area contributed by atoms with Crippen LogP contribution < -0.4 is 4.74 Å². The number of aliphatic hydroxyl groups is 1. The van der Waals surface area contributed by atoms with Crippen LogP contribution in [0.4, 0.5) is 0 Å². The third kappa shape index (κ3) is 4.51. The molecule has 27 heavy (non-hydrogen) atoms. The Labute approximate surface area is 162 Å². The third-order valence-corrected chi connectivity index (χ3v) is 4.73. The molecule has 146 valence electrons. The van der Waals surface area contributed by atoms with Crippen LogP contribution >= 0.6 is 0 Å². The molecule has 0 saturated carbocycles. The number of carbonyl (C=O) groups excluding carboxylic acids is 1. The van der Waals surface area contributed by atoms with Gasteiger partial charge in [0.2, 0.25) is 0 Å². The Bertz CT molecular complexity index is 802. The summed E-state index contributed by atoms with van der Waals surface area (Å²) in [6, 6.07) is 10.9. The molecule has 1 N–H and O–H groups in total. The van der Waals surface area contributed by atoms with Gasteiger partial charge in [0, 0.05) is 0 Å². The van der Waals surface area contributed by atoms with Crippen LogP contribution in [-0.2, 0) is 10.3 Å². The number of benzene rings is 2. The van der Waals surface area contributed by atoms with E-state index >= 15 is 0 Å². The number of carbonyl (C=O) groups is 1. The minimum absolute atomic E-state index is 0.0825. The molecule has 1 atom stereocenters. The van der Waals surface area contributed by atoms with Gasteiger partial charge in [-0.1, -0.05) is 26.0 Å². The van der Waals surface area contributed by atoms with E-state index in [4.69, 9.17) is 9.47 Å². The van der Waals surface area contributed by atoms with Gasteiger partial charge in [-0.15, -0.1) is 0 Å². The van der Waals surface area contributed by atoms with E-state index in [1.54, 1.807) is 31.2 Å². The number of hydrogen-bond donors (Lipinski definition) is 1. The van der Waals surface area contributed by atoms with Gasteiger partial charge >= 0.3 is 5.97 Å². The number of hydrogen-bond acceptors (Lipinski definition) is 4. The topological polar surface area (TPSA) is 55.8 Å². The van der Waals surface area contributed by atoms with Crippen LogP contribution in [0.25, 0.3) is 0 Å². The maximum Gasteiger partial charge on any atom is 0.337 e. The van der Waals surface area contributed by atoms with E-state index in [0.29, 0.717) is 11.1 Å². The highest BCUT2D eigenvalue weighted by molar-refractivity contribution is 5.89. The lowest BCUT2D eigenvalue weighted by Crippen LogP contribution is -2.25. The van der Waals surface area contributed by atoms with E-state index in [1.807, 2.05) is 32.9 Å². The van der Waals surface area contributed by atoms with Crippen molar-refractivity contribution in [2.24, 2.45) is 0 Å². The first-order valence-electron chi connectivity index (χ1n) is 9.30. The second-order valence-electron chi connectivity index (χ2n) is 7.67. The fourth-order valence-electron chi connectivity index (χ4n) is 3.23. The van der Waals surface area contributed by atoms with Crippen LogP contribution in [0.3, 0.4) is 0 Å². The Kier molecular flexibility index (Phi) is 6.32. The van der Waals surface area contributed by atoms with Gasteiger partial charge < -0.3 is 14.6 Å². The van der Waals surface area contributed by atoms with Crippen molar-refractivity contribution in [2.75, 3.05) is 7.11 Å². The van der Waals surface area contributed by atoms with Gasteiger partial charge in [-0.05, 0) is 80.1 Å². The van der Waals surface area contributed by atoms with Crippen molar-refractivity contribution in [2.45, 2.75) is 59.2 Å².